The maximum Gasteiger partial charge on any atom is 0.0544 e. The molecule has 0 saturated carbocycles. The molecule has 0 spiro atoms. The third-order valence-electron chi connectivity index (χ3n) is 9.47. The highest BCUT2D eigenvalue weighted by Crippen LogP contribution is 2.44. The Morgan fingerprint density at radius 3 is 1.77 bits per heavy atom. The maximum atomic E-state index is 2.47. The summed E-state index contributed by atoms with van der Waals surface area (Å²) in [5, 5.41) is 5.15. The van der Waals surface area contributed by atoms with Crippen LogP contribution in [0.15, 0.2) is 127 Å². The van der Waals surface area contributed by atoms with E-state index < -0.39 is 0 Å². The first-order valence-electron chi connectivity index (χ1n) is 15.2. The molecule has 1 aliphatic rings. The molecule has 8 aromatic rings. The summed E-state index contributed by atoms with van der Waals surface area (Å²) in [6, 6.07) is 47.4. The van der Waals surface area contributed by atoms with E-state index in [4.69, 9.17) is 0 Å². The summed E-state index contributed by atoms with van der Waals surface area (Å²) in [5.41, 5.74) is 14.5. The molecule has 0 radical (unpaired) electrons. The van der Waals surface area contributed by atoms with Gasteiger partial charge in [-0.15, -0.1) is 0 Å². The molecule has 2 heterocycles. The van der Waals surface area contributed by atoms with Crippen molar-refractivity contribution in [1.82, 2.24) is 9.13 Å². The Morgan fingerprint density at radius 2 is 1.05 bits per heavy atom. The van der Waals surface area contributed by atoms with Gasteiger partial charge in [0.2, 0.25) is 0 Å². The van der Waals surface area contributed by atoms with E-state index in [2.05, 4.69) is 157 Å². The smallest absolute Gasteiger partial charge is 0.0544 e. The summed E-state index contributed by atoms with van der Waals surface area (Å²) in [7, 11) is 0. The first kappa shape index (κ1) is 24.5. The van der Waals surface area contributed by atoms with Gasteiger partial charge in [0.05, 0.1) is 22.1 Å². The lowest BCUT2D eigenvalue weighted by Gasteiger charge is -2.20. The van der Waals surface area contributed by atoms with Crippen molar-refractivity contribution in [2.45, 2.75) is 32.6 Å². The fourth-order valence-electron chi connectivity index (χ4n) is 7.34. The van der Waals surface area contributed by atoms with Crippen LogP contribution in [0.25, 0.3) is 66.1 Å². The molecular formula is C41H32N2. The molecule has 2 heteroatoms. The van der Waals surface area contributed by atoms with E-state index in [1.165, 1.54) is 82.8 Å². The van der Waals surface area contributed by atoms with Crippen LogP contribution in [0.1, 0.15) is 37.5 Å². The van der Waals surface area contributed by atoms with Crippen molar-refractivity contribution in [3.8, 4) is 22.5 Å². The fourth-order valence-corrected chi connectivity index (χ4v) is 7.34. The molecule has 0 saturated heterocycles. The molecular weight excluding hydrogens is 520 g/mol. The van der Waals surface area contributed by atoms with Crippen LogP contribution in [-0.2, 0) is 11.8 Å². The van der Waals surface area contributed by atoms with Crippen LogP contribution in [0, 0.1) is 0 Å². The Labute approximate surface area is 251 Å². The minimum atomic E-state index is 0.114. The largest absolute Gasteiger partial charge is 0.309 e. The molecule has 9 rings (SSSR count). The van der Waals surface area contributed by atoms with Crippen LogP contribution >= 0.6 is 0 Å². The molecule has 0 atom stereocenters. The molecule has 0 amide bonds. The van der Waals surface area contributed by atoms with Gasteiger partial charge in [-0.1, -0.05) is 93.6 Å². The van der Waals surface area contributed by atoms with Gasteiger partial charge in [-0.25, -0.2) is 0 Å². The van der Waals surface area contributed by atoms with Crippen molar-refractivity contribution in [3.63, 3.8) is 0 Å². The predicted molar refractivity (Wildman–Crippen MR) is 182 cm³/mol. The second-order valence-corrected chi connectivity index (χ2v) is 13.1. The van der Waals surface area contributed by atoms with Crippen LogP contribution < -0.4 is 0 Å². The SMILES string of the molecule is CC(C)(C)c1ccc2c(c1)-c1cc3c4cc(-n5c6ccccc6c6ccccc65)ccc4n(-c4ccccc4)c3cc1C2. The number of hydrogen-bond donors (Lipinski definition) is 0. The normalized spacial score (nSPS) is 12.9. The number of nitrogens with zero attached hydrogens (tertiary/aromatic N) is 2. The molecule has 6 aromatic carbocycles. The quantitative estimate of drug-likeness (QED) is 0.202. The predicted octanol–water partition coefficient (Wildman–Crippen LogP) is 10.7. The molecule has 0 fully saturated rings. The number of para-hydroxylation sites is 3. The fraction of sp³-hybridized carbons (Fsp3) is 0.122. The lowest BCUT2D eigenvalue weighted by molar-refractivity contribution is 0.590. The Morgan fingerprint density at radius 1 is 0.442 bits per heavy atom. The van der Waals surface area contributed by atoms with E-state index in [1.54, 1.807) is 0 Å². The van der Waals surface area contributed by atoms with Crippen molar-refractivity contribution < 1.29 is 0 Å². The molecule has 1 aliphatic carbocycles. The third kappa shape index (κ3) is 3.53. The maximum absolute atomic E-state index is 2.47. The zero-order chi connectivity index (χ0) is 28.9. The Balaban J connectivity index is 1.36. The Bertz CT molecular complexity index is 2340. The van der Waals surface area contributed by atoms with Crippen molar-refractivity contribution in [1.29, 1.82) is 0 Å². The minimum Gasteiger partial charge on any atom is -0.309 e. The lowest BCUT2D eigenvalue weighted by Crippen LogP contribution is -2.10. The van der Waals surface area contributed by atoms with Gasteiger partial charge in [0.1, 0.15) is 0 Å². The lowest BCUT2D eigenvalue weighted by atomic mass is 9.85. The number of hydrogen-bond acceptors (Lipinski definition) is 0. The third-order valence-corrected chi connectivity index (χ3v) is 9.47. The van der Waals surface area contributed by atoms with Gasteiger partial charge >= 0.3 is 0 Å². The van der Waals surface area contributed by atoms with Crippen LogP contribution in [0.2, 0.25) is 0 Å². The highest BCUT2D eigenvalue weighted by molar-refractivity contribution is 6.13. The van der Waals surface area contributed by atoms with Gasteiger partial charge in [0.15, 0.2) is 0 Å². The summed E-state index contributed by atoms with van der Waals surface area (Å²) in [6.45, 7) is 6.91. The molecule has 0 bridgehead atoms. The van der Waals surface area contributed by atoms with Crippen LogP contribution in [0.4, 0.5) is 0 Å². The molecule has 0 unspecified atom stereocenters. The standard InChI is InChI=1S/C41H32N2/c1-41(2,3)28-18-17-26-21-27-22-40-36(25-34(27)33(26)23-28)35-24-30(19-20-39(35)42(40)29-11-5-4-6-12-29)43-37-15-9-7-13-31(37)32-14-8-10-16-38(32)43/h4-20,22-25H,21H2,1-3H3. The molecule has 206 valence electrons. The topological polar surface area (TPSA) is 9.86 Å². The first-order chi connectivity index (χ1) is 21.0. The van der Waals surface area contributed by atoms with E-state index in [-0.39, 0.29) is 5.41 Å². The molecule has 43 heavy (non-hydrogen) atoms. The van der Waals surface area contributed by atoms with Gasteiger partial charge in [-0.3, -0.25) is 0 Å². The van der Waals surface area contributed by atoms with Gasteiger partial charge in [-0.2, -0.15) is 0 Å². The summed E-state index contributed by atoms with van der Waals surface area (Å²) in [6.07, 6.45) is 0.980. The van der Waals surface area contributed by atoms with Crippen LogP contribution in [0.5, 0.6) is 0 Å². The van der Waals surface area contributed by atoms with E-state index in [1.807, 2.05) is 0 Å². The zero-order valence-electron chi connectivity index (χ0n) is 24.7. The molecule has 0 N–H and O–H groups in total. The summed E-state index contributed by atoms with van der Waals surface area (Å²) in [5.74, 6) is 0. The monoisotopic (exact) mass is 552 g/mol. The zero-order valence-corrected chi connectivity index (χ0v) is 24.7. The first-order valence-corrected chi connectivity index (χ1v) is 15.2. The molecule has 2 aromatic heterocycles. The van der Waals surface area contributed by atoms with Crippen molar-refractivity contribution in [2.75, 3.05) is 0 Å². The van der Waals surface area contributed by atoms with Gasteiger partial charge in [0, 0.05) is 32.9 Å². The van der Waals surface area contributed by atoms with E-state index in [0.29, 0.717) is 0 Å². The van der Waals surface area contributed by atoms with Gasteiger partial charge < -0.3 is 9.13 Å². The minimum absolute atomic E-state index is 0.114. The van der Waals surface area contributed by atoms with E-state index >= 15 is 0 Å². The highest BCUT2D eigenvalue weighted by Gasteiger charge is 2.25. The Kier molecular flexibility index (Phi) is 4.97. The average Bonchev–Trinajstić information content (AvgIpc) is 3.66. The van der Waals surface area contributed by atoms with E-state index in [9.17, 15) is 0 Å². The molecule has 0 aliphatic heterocycles. The number of aromatic nitrogens is 2. The summed E-state index contributed by atoms with van der Waals surface area (Å²) < 4.78 is 4.87. The second kappa shape index (κ2) is 8.72. The van der Waals surface area contributed by atoms with Crippen molar-refractivity contribution in [3.05, 3.63) is 144 Å². The van der Waals surface area contributed by atoms with Crippen molar-refractivity contribution >= 4 is 43.6 Å². The Hall–Kier alpha value is -5.08. The van der Waals surface area contributed by atoms with Crippen molar-refractivity contribution in [2.24, 2.45) is 0 Å². The summed E-state index contributed by atoms with van der Waals surface area (Å²) >= 11 is 0. The van der Waals surface area contributed by atoms with E-state index in [0.717, 1.165) is 6.42 Å². The highest BCUT2D eigenvalue weighted by atomic mass is 15.0. The number of fused-ring (bicyclic) bond motifs is 9. The molecule has 2 nitrogen and oxygen atoms in total. The van der Waals surface area contributed by atoms with Gasteiger partial charge in [0.25, 0.3) is 0 Å². The van der Waals surface area contributed by atoms with Crippen LogP contribution in [-0.4, -0.2) is 9.13 Å². The van der Waals surface area contributed by atoms with Gasteiger partial charge in [-0.05, 0) is 94.3 Å². The number of rotatable bonds is 2. The number of benzene rings is 6. The van der Waals surface area contributed by atoms with Crippen LogP contribution in [0.3, 0.4) is 0 Å². The second-order valence-electron chi connectivity index (χ2n) is 13.1. The average molecular weight is 553 g/mol. The summed E-state index contributed by atoms with van der Waals surface area (Å²) in [4.78, 5) is 0.